The fraction of sp³-hybridized carbons (Fsp3) is 0.462. The van der Waals surface area contributed by atoms with E-state index in [9.17, 15) is 4.79 Å². The van der Waals surface area contributed by atoms with Gasteiger partial charge in [0, 0.05) is 47.0 Å². The van der Waals surface area contributed by atoms with E-state index in [2.05, 4.69) is 37.5 Å². The second-order valence-corrected chi connectivity index (χ2v) is 8.54. The number of aromatic amines is 1. The highest BCUT2D eigenvalue weighted by Gasteiger charge is 2.18. The minimum Gasteiger partial charge on any atom is -0.497 e. The molecule has 0 fully saturated rings. The van der Waals surface area contributed by atoms with Crippen molar-refractivity contribution in [2.24, 2.45) is 10.9 Å². The van der Waals surface area contributed by atoms with Crippen LogP contribution in [0.2, 0.25) is 0 Å². The average molecular weight is 465 g/mol. The molecule has 0 spiro atoms. The third-order valence-corrected chi connectivity index (χ3v) is 5.85. The lowest BCUT2D eigenvalue weighted by molar-refractivity contribution is -0.123. The SMILES string of the molecule is CCCCC(CC)C(=O)NC(=NCCc1c[nH]c2cc(OC)ccc12)Nc1nc(C)cc(C)n1. The Morgan fingerprint density at radius 2 is 1.94 bits per heavy atom. The number of carbonyl (C=O) groups excluding carboxylic acids is 1. The number of carbonyl (C=O) groups is 1. The van der Waals surface area contributed by atoms with Crippen molar-refractivity contribution in [3.8, 4) is 5.75 Å². The summed E-state index contributed by atoms with van der Waals surface area (Å²) in [7, 11) is 1.66. The largest absolute Gasteiger partial charge is 0.497 e. The Hall–Kier alpha value is -3.42. The van der Waals surface area contributed by atoms with Crippen LogP contribution in [-0.4, -0.2) is 40.5 Å². The number of fused-ring (bicyclic) bond motifs is 1. The summed E-state index contributed by atoms with van der Waals surface area (Å²) >= 11 is 0. The summed E-state index contributed by atoms with van der Waals surface area (Å²) in [6.07, 6.45) is 6.46. The van der Waals surface area contributed by atoms with Gasteiger partial charge in [-0.25, -0.2) is 9.97 Å². The fourth-order valence-corrected chi connectivity index (χ4v) is 3.98. The summed E-state index contributed by atoms with van der Waals surface area (Å²) in [6, 6.07) is 7.89. The molecule has 3 aromatic rings. The Morgan fingerprint density at radius 1 is 1.18 bits per heavy atom. The van der Waals surface area contributed by atoms with Gasteiger partial charge in [0.05, 0.1) is 7.11 Å². The highest BCUT2D eigenvalue weighted by atomic mass is 16.5. The first kappa shape index (κ1) is 25.2. The van der Waals surface area contributed by atoms with Crippen LogP contribution < -0.4 is 15.4 Å². The maximum atomic E-state index is 13.0. The van der Waals surface area contributed by atoms with Gasteiger partial charge in [0.2, 0.25) is 17.8 Å². The van der Waals surface area contributed by atoms with Gasteiger partial charge < -0.3 is 9.72 Å². The number of guanidine groups is 1. The number of aliphatic imine (C=N–C) groups is 1. The van der Waals surface area contributed by atoms with Crippen LogP contribution in [0.15, 0.2) is 35.5 Å². The van der Waals surface area contributed by atoms with E-state index in [1.807, 2.05) is 51.2 Å². The number of unbranched alkanes of at least 4 members (excludes halogenated alkanes) is 1. The third-order valence-electron chi connectivity index (χ3n) is 5.85. The van der Waals surface area contributed by atoms with Gasteiger partial charge in [0.1, 0.15) is 5.75 Å². The predicted octanol–water partition coefficient (Wildman–Crippen LogP) is 4.93. The Morgan fingerprint density at radius 3 is 2.62 bits per heavy atom. The van der Waals surface area contributed by atoms with Crippen molar-refractivity contribution >= 4 is 28.7 Å². The highest BCUT2D eigenvalue weighted by Crippen LogP contribution is 2.23. The van der Waals surface area contributed by atoms with E-state index >= 15 is 0 Å². The number of ether oxygens (including phenoxy) is 1. The second-order valence-electron chi connectivity index (χ2n) is 8.54. The van der Waals surface area contributed by atoms with Crippen molar-refractivity contribution in [1.82, 2.24) is 20.3 Å². The molecule has 8 nitrogen and oxygen atoms in total. The number of methoxy groups -OCH3 is 1. The quantitative estimate of drug-likeness (QED) is 0.292. The molecule has 0 saturated carbocycles. The van der Waals surface area contributed by atoms with Gasteiger partial charge in [-0.15, -0.1) is 0 Å². The van der Waals surface area contributed by atoms with Crippen LogP contribution in [0.4, 0.5) is 5.95 Å². The Labute approximate surface area is 201 Å². The van der Waals surface area contributed by atoms with E-state index in [1.165, 1.54) is 0 Å². The number of benzene rings is 1. The monoisotopic (exact) mass is 464 g/mol. The molecule has 34 heavy (non-hydrogen) atoms. The normalized spacial score (nSPS) is 12.6. The van der Waals surface area contributed by atoms with E-state index in [1.54, 1.807) is 7.11 Å². The van der Waals surface area contributed by atoms with Crippen LogP contribution in [0.1, 0.15) is 56.5 Å². The molecule has 0 bridgehead atoms. The van der Waals surface area contributed by atoms with Crippen molar-refractivity contribution in [3.63, 3.8) is 0 Å². The van der Waals surface area contributed by atoms with Crippen LogP contribution in [0.3, 0.4) is 0 Å². The molecule has 1 unspecified atom stereocenters. The van der Waals surface area contributed by atoms with E-state index < -0.39 is 0 Å². The Kier molecular flexibility index (Phi) is 9.01. The number of aromatic nitrogens is 3. The number of nitrogens with one attached hydrogen (secondary N) is 3. The van der Waals surface area contributed by atoms with Crippen molar-refractivity contribution in [2.75, 3.05) is 19.0 Å². The van der Waals surface area contributed by atoms with Crippen LogP contribution in [0.5, 0.6) is 5.75 Å². The van der Waals surface area contributed by atoms with Crippen LogP contribution in [0.25, 0.3) is 10.9 Å². The number of anilines is 1. The number of rotatable bonds is 10. The molecule has 2 aromatic heterocycles. The molecular weight excluding hydrogens is 428 g/mol. The molecule has 1 atom stereocenters. The fourth-order valence-electron chi connectivity index (χ4n) is 3.98. The first-order valence-electron chi connectivity index (χ1n) is 12.0. The molecule has 0 aliphatic rings. The lowest BCUT2D eigenvalue weighted by Gasteiger charge is -2.16. The molecule has 3 N–H and O–H groups in total. The number of aryl methyl sites for hydroxylation is 2. The van der Waals surface area contributed by atoms with Gasteiger partial charge in [-0.3, -0.25) is 20.4 Å². The van der Waals surface area contributed by atoms with Gasteiger partial charge in [-0.1, -0.05) is 26.7 Å². The second kappa shape index (κ2) is 12.2. The minimum atomic E-state index is -0.0456. The maximum Gasteiger partial charge on any atom is 0.229 e. The maximum absolute atomic E-state index is 13.0. The van der Waals surface area contributed by atoms with E-state index in [0.29, 0.717) is 24.9 Å². The van der Waals surface area contributed by atoms with Gasteiger partial charge in [0.15, 0.2) is 0 Å². The lowest BCUT2D eigenvalue weighted by Crippen LogP contribution is -2.40. The van der Waals surface area contributed by atoms with Gasteiger partial charge in [-0.05, 0) is 56.9 Å². The first-order chi connectivity index (χ1) is 16.4. The molecule has 0 aliphatic carbocycles. The summed E-state index contributed by atoms with van der Waals surface area (Å²) in [6.45, 7) is 8.51. The zero-order valence-corrected chi connectivity index (χ0v) is 20.9. The summed E-state index contributed by atoms with van der Waals surface area (Å²) in [5.41, 5.74) is 3.88. The van der Waals surface area contributed by atoms with Gasteiger partial charge in [0.25, 0.3) is 0 Å². The standard InChI is InChI=1S/C26H36N6O2/c1-6-8-9-19(7-2)24(33)31-25(32-26-29-17(3)14-18(4)30-26)27-13-12-20-16-28-23-15-21(34-5)10-11-22(20)23/h10-11,14-16,19,28H,6-9,12-13H2,1-5H3,(H2,27,29,30,31,32,33). The Balaban J connectivity index is 1.77. The van der Waals surface area contributed by atoms with Crippen LogP contribution in [0, 0.1) is 19.8 Å². The third kappa shape index (κ3) is 6.79. The minimum absolute atomic E-state index is 0.0224. The smallest absolute Gasteiger partial charge is 0.229 e. The van der Waals surface area contributed by atoms with Gasteiger partial charge >= 0.3 is 0 Å². The van der Waals surface area contributed by atoms with Crippen molar-refractivity contribution in [2.45, 2.75) is 59.8 Å². The predicted molar refractivity (Wildman–Crippen MR) is 137 cm³/mol. The highest BCUT2D eigenvalue weighted by molar-refractivity contribution is 6.04. The van der Waals surface area contributed by atoms with E-state index in [0.717, 1.165) is 59.3 Å². The molecule has 2 heterocycles. The summed E-state index contributed by atoms with van der Waals surface area (Å²) in [4.78, 5) is 29.8. The number of nitrogens with zero attached hydrogens (tertiary/aromatic N) is 3. The summed E-state index contributed by atoms with van der Waals surface area (Å²) in [5.74, 6) is 1.56. The molecule has 8 heteroatoms. The molecule has 1 amide bonds. The zero-order valence-electron chi connectivity index (χ0n) is 20.9. The number of hydrogen-bond donors (Lipinski definition) is 3. The molecule has 0 radical (unpaired) electrons. The average Bonchev–Trinajstić information content (AvgIpc) is 3.21. The molecule has 0 aliphatic heterocycles. The zero-order chi connectivity index (χ0) is 24.5. The van der Waals surface area contributed by atoms with E-state index in [-0.39, 0.29) is 11.8 Å². The number of hydrogen-bond acceptors (Lipinski definition) is 5. The number of H-pyrrole nitrogens is 1. The van der Waals surface area contributed by atoms with Crippen molar-refractivity contribution in [3.05, 3.63) is 47.4 Å². The van der Waals surface area contributed by atoms with Crippen LogP contribution in [-0.2, 0) is 11.2 Å². The topological polar surface area (TPSA) is 104 Å². The summed E-state index contributed by atoms with van der Waals surface area (Å²) in [5, 5.41) is 7.26. The molecule has 1 aromatic carbocycles. The van der Waals surface area contributed by atoms with Crippen molar-refractivity contribution < 1.29 is 9.53 Å². The van der Waals surface area contributed by atoms with Crippen molar-refractivity contribution in [1.29, 1.82) is 0 Å². The van der Waals surface area contributed by atoms with Crippen LogP contribution >= 0.6 is 0 Å². The lowest BCUT2D eigenvalue weighted by atomic mass is 9.98. The molecule has 182 valence electrons. The molecule has 3 rings (SSSR count). The molecular formula is C26H36N6O2. The first-order valence-corrected chi connectivity index (χ1v) is 12.0. The van der Waals surface area contributed by atoms with Gasteiger partial charge in [-0.2, -0.15) is 0 Å². The van der Waals surface area contributed by atoms with E-state index in [4.69, 9.17) is 4.74 Å². The number of amides is 1. The summed E-state index contributed by atoms with van der Waals surface area (Å²) < 4.78 is 5.31. The Bertz CT molecular complexity index is 1120. The molecule has 0 saturated heterocycles.